The summed E-state index contributed by atoms with van der Waals surface area (Å²) in [5, 5.41) is 2.93. The Morgan fingerprint density at radius 3 is 2.36 bits per heavy atom. The molecule has 1 aliphatic rings. The van der Waals surface area contributed by atoms with Crippen molar-refractivity contribution in [2.24, 2.45) is 5.92 Å². The van der Waals surface area contributed by atoms with Crippen molar-refractivity contribution in [3.05, 3.63) is 71.5 Å². The number of quaternary nitrogens is 1. The number of hydrogen-bond donors (Lipinski definition) is 2. The largest absolute Gasteiger partial charge is 0.347 e. The van der Waals surface area contributed by atoms with E-state index < -0.39 is 0 Å². The van der Waals surface area contributed by atoms with Crippen molar-refractivity contribution < 1.29 is 14.1 Å². The Kier molecular flexibility index (Phi) is 6.18. The van der Waals surface area contributed by atoms with Crippen LogP contribution in [0.4, 0.5) is 4.39 Å². The molecule has 1 fully saturated rings. The molecular weight excluding hydrogens is 315 g/mol. The predicted octanol–water partition coefficient (Wildman–Crippen LogP) is 1.98. The second-order valence-corrected chi connectivity index (χ2v) is 6.96. The molecular formula is C21H26FN2O+. The maximum atomic E-state index is 12.9. The molecule has 0 radical (unpaired) electrons. The predicted molar refractivity (Wildman–Crippen MR) is 96.7 cm³/mol. The van der Waals surface area contributed by atoms with E-state index in [-0.39, 0.29) is 11.7 Å². The zero-order valence-electron chi connectivity index (χ0n) is 14.5. The molecule has 3 nitrogen and oxygen atoms in total. The van der Waals surface area contributed by atoms with Crippen LogP contribution in [0.1, 0.15) is 24.0 Å². The van der Waals surface area contributed by atoms with Gasteiger partial charge in [-0.3, -0.25) is 4.79 Å². The molecule has 2 N–H and O–H groups in total. The molecule has 1 heterocycles. The third-order valence-corrected chi connectivity index (χ3v) is 4.99. The van der Waals surface area contributed by atoms with Crippen LogP contribution in [0.3, 0.4) is 0 Å². The third kappa shape index (κ3) is 5.68. The lowest BCUT2D eigenvalue weighted by Gasteiger charge is -2.29. The fraction of sp³-hybridized carbons (Fsp3) is 0.381. The van der Waals surface area contributed by atoms with Crippen molar-refractivity contribution in [1.82, 2.24) is 5.32 Å². The van der Waals surface area contributed by atoms with Crippen LogP contribution in [0.25, 0.3) is 0 Å². The molecule has 1 amide bonds. The summed E-state index contributed by atoms with van der Waals surface area (Å²) in [5.41, 5.74) is 2.33. The van der Waals surface area contributed by atoms with E-state index in [0.29, 0.717) is 13.1 Å². The first-order valence-corrected chi connectivity index (χ1v) is 9.07. The molecule has 25 heavy (non-hydrogen) atoms. The van der Waals surface area contributed by atoms with Crippen LogP contribution >= 0.6 is 0 Å². The summed E-state index contributed by atoms with van der Waals surface area (Å²) >= 11 is 0. The number of halogens is 1. The molecule has 0 saturated carbocycles. The topological polar surface area (TPSA) is 33.5 Å². The maximum absolute atomic E-state index is 12.9. The molecule has 1 saturated heterocycles. The molecule has 0 unspecified atom stereocenters. The number of carbonyl (C=O) groups excluding carboxylic acids is 1. The number of carbonyl (C=O) groups is 1. The highest BCUT2D eigenvalue weighted by atomic mass is 19.1. The summed E-state index contributed by atoms with van der Waals surface area (Å²) in [7, 11) is 0. The monoisotopic (exact) mass is 341 g/mol. The quantitative estimate of drug-likeness (QED) is 0.828. The van der Waals surface area contributed by atoms with Gasteiger partial charge in [0.05, 0.1) is 13.1 Å². The van der Waals surface area contributed by atoms with E-state index in [9.17, 15) is 9.18 Å². The van der Waals surface area contributed by atoms with Crippen molar-refractivity contribution in [3.63, 3.8) is 0 Å². The highest BCUT2D eigenvalue weighted by Gasteiger charge is 2.23. The van der Waals surface area contributed by atoms with Crippen LogP contribution in [0.2, 0.25) is 0 Å². The lowest BCUT2D eigenvalue weighted by atomic mass is 9.90. The molecule has 132 valence electrons. The van der Waals surface area contributed by atoms with Crippen molar-refractivity contribution in [1.29, 1.82) is 0 Å². The molecule has 0 bridgehead atoms. The van der Waals surface area contributed by atoms with Crippen LogP contribution < -0.4 is 10.2 Å². The average molecular weight is 341 g/mol. The van der Waals surface area contributed by atoms with Crippen molar-refractivity contribution >= 4 is 5.91 Å². The normalized spacial score (nSPS) is 20.2. The number of benzene rings is 2. The second-order valence-electron chi connectivity index (χ2n) is 6.96. The highest BCUT2D eigenvalue weighted by Crippen LogP contribution is 2.16. The van der Waals surface area contributed by atoms with E-state index in [1.165, 1.54) is 35.4 Å². The minimum Gasteiger partial charge on any atom is -0.347 e. The Bertz CT molecular complexity index is 664. The third-order valence-electron chi connectivity index (χ3n) is 4.99. The van der Waals surface area contributed by atoms with Crippen LogP contribution in [0, 0.1) is 11.7 Å². The van der Waals surface area contributed by atoms with Gasteiger partial charge in [-0.2, -0.15) is 0 Å². The van der Waals surface area contributed by atoms with E-state index in [1.54, 1.807) is 12.1 Å². The van der Waals surface area contributed by atoms with E-state index in [2.05, 4.69) is 35.6 Å². The lowest BCUT2D eigenvalue weighted by Crippen LogP contribution is -3.14. The average Bonchev–Trinajstić information content (AvgIpc) is 2.64. The summed E-state index contributed by atoms with van der Waals surface area (Å²) in [4.78, 5) is 13.5. The summed E-state index contributed by atoms with van der Waals surface area (Å²) in [5.74, 6) is 0.548. The molecule has 0 aliphatic carbocycles. The second kappa shape index (κ2) is 8.77. The van der Waals surface area contributed by atoms with Crippen LogP contribution in [-0.4, -0.2) is 25.5 Å². The molecule has 1 aliphatic heterocycles. The summed E-state index contributed by atoms with van der Waals surface area (Å²) < 4.78 is 12.9. The SMILES string of the molecule is O=C(C[NH+]1CCC(Cc2ccccc2)CC1)NCc1ccc(F)cc1. The standard InChI is InChI=1S/C21H25FN2O/c22-20-8-6-19(7-9-20)15-23-21(25)16-24-12-10-18(11-13-24)14-17-4-2-1-3-5-17/h1-9,18H,10-16H2,(H,23,25)/p+1. The number of rotatable bonds is 6. The Labute approximate surface area is 148 Å². The van der Waals surface area contributed by atoms with Gasteiger partial charge in [0.1, 0.15) is 5.82 Å². The molecule has 0 spiro atoms. The molecule has 2 aromatic rings. The van der Waals surface area contributed by atoms with Gasteiger partial charge in [-0.25, -0.2) is 4.39 Å². The Morgan fingerprint density at radius 1 is 1.00 bits per heavy atom. The van der Waals surface area contributed by atoms with Crippen molar-refractivity contribution in [2.75, 3.05) is 19.6 Å². The van der Waals surface area contributed by atoms with E-state index in [1.807, 2.05) is 0 Å². The van der Waals surface area contributed by atoms with E-state index >= 15 is 0 Å². The van der Waals surface area contributed by atoms with Gasteiger partial charge >= 0.3 is 0 Å². The van der Waals surface area contributed by atoms with Gasteiger partial charge in [-0.05, 0) is 48.4 Å². The first kappa shape index (κ1) is 17.6. The van der Waals surface area contributed by atoms with Gasteiger partial charge in [0.15, 0.2) is 6.54 Å². The lowest BCUT2D eigenvalue weighted by molar-refractivity contribution is -0.898. The van der Waals surface area contributed by atoms with E-state index in [4.69, 9.17) is 0 Å². The smallest absolute Gasteiger partial charge is 0.275 e. The van der Waals surface area contributed by atoms with Gasteiger partial charge in [0.2, 0.25) is 0 Å². The van der Waals surface area contributed by atoms with Crippen LogP contribution in [0.15, 0.2) is 54.6 Å². The number of amides is 1. The summed E-state index contributed by atoms with van der Waals surface area (Å²) in [6.07, 6.45) is 3.50. The number of piperidine rings is 1. The Hall–Kier alpha value is -2.20. The number of likely N-dealkylation sites (tertiary alicyclic amines) is 1. The van der Waals surface area contributed by atoms with Crippen LogP contribution in [0.5, 0.6) is 0 Å². The van der Waals surface area contributed by atoms with Gasteiger partial charge in [0, 0.05) is 6.54 Å². The highest BCUT2D eigenvalue weighted by molar-refractivity contribution is 5.76. The first-order valence-electron chi connectivity index (χ1n) is 9.07. The molecule has 3 rings (SSSR count). The molecule has 4 heteroatoms. The zero-order valence-corrected chi connectivity index (χ0v) is 14.5. The fourth-order valence-corrected chi connectivity index (χ4v) is 3.51. The van der Waals surface area contributed by atoms with Crippen molar-refractivity contribution in [2.45, 2.75) is 25.8 Å². The Balaban J connectivity index is 1.36. The van der Waals surface area contributed by atoms with Crippen molar-refractivity contribution in [3.8, 4) is 0 Å². The Morgan fingerprint density at radius 2 is 1.68 bits per heavy atom. The molecule has 0 aromatic heterocycles. The number of nitrogens with one attached hydrogen (secondary N) is 2. The number of hydrogen-bond acceptors (Lipinski definition) is 1. The van der Waals surface area contributed by atoms with E-state index in [0.717, 1.165) is 31.0 Å². The fourth-order valence-electron chi connectivity index (χ4n) is 3.51. The minimum atomic E-state index is -0.252. The maximum Gasteiger partial charge on any atom is 0.275 e. The van der Waals surface area contributed by atoms with Gasteiger partial charge < -0.3 is 10.2 Å². The molecule has 0 atom stereocenters. The van der Waals surface area contributed by atoms with Gasteiger partial charge in [-0.15, -0.1) is 0 Å². The van der Waals surface area contributed by atoms with Gasteiger partial charge in [-0.1, -0.05) is 42.5 Å². The first-order chi connectivity index (χ1) is 12.2. The minimum absolute atomic E-state index is 0.0702. The summed E-state index contributed by atoms with van der Waals surface area (Å²) in [6.45, 7) is 3.10. The van der Waals surface area contributed by atoms with Crippen LogP contribution in [-0.2, 0) is 17.8 Å². The molecule has 2 aromatic carbocycles. The van der Waals surface area contributed by atoms with Gasteiger partial charge in [0.25, 0.3) is 5.91 Å². The summed E-state index contributed by atoms with van der Waals surface area (Å²) in [6, 6.07) is 16.9. The zero-order chi connectivity index (χ0) is 17.5.